The van der Waals surface area contributed by atoms with Crippen LogP contribution in [0.5, 0.6) is 0 Å². The van der Waals surface area contributed by atoms with Gasteiger partial charge in [0.25, 0.3) is 5.91 Å². The van der Waals surface area contributed by atoms with Crippen LogP contribution in [0.1, 0.15) is 23.0 Å². The van der Waals surface area contributed by atoms with Gasteiger partial charge in [-0.1, -0.05) is 18.2 Å². The van der Waals surface area contributed by atoms with Crippen LogP contribution >= 0.6 is 0 Å². The van der Waals surface area contributed by atoms with Crippen LogP contribution in [-0.2, 0) is 11.2 Å². The highest BCUT2D eigenvalue weighted by atomic mass is 16.2. The van der Waals surface area contributed by atoms with Crippen LogP contribution in [0.15, 0.2) is 42.6 Å². The topological polar surface area (TPSA) is 62.3 Å². The molecular weight excluding hydrogens is 266 g/mol. The second kappa shape index (κ2) is 5.36. The molecule has 2 aromatic rings. The molecule has 0 bridgehead atoms. The SMILES string of the molecule is CC(=O)N1CCc2cccc(NC(=O)c3ccccn3)c21. The highest BCUT2D eigenvalue weighted by Crippen LogP contribution is 2.35. The van der Waals surface area contributed by atoms with E-state index in [0.717, 1.165) is 17.7 Å². The fourth-order valence-electron chi connectivity index (χ4n) is 2.56. The van der Waals surface area contributed by atoms with E-state index in [1.165, 1.54) is 6.92 Å². The zero-order chi connectivity index (χ0) is 14.8. The Morgan fingerprint density at radius 3 is 2.76 bits per heavy atom. The number of para-hydroxylation sites is 1. The van der Waals surface area contributed by atoms with Gasteiger partial charge >= 0.3 is 0 Å². The molecule has 1 aromatic carbocycles. The molecule has 1 aliphatic rings. The van der Waals surface area contributed by atoms with E-state index in [-0.39, 0.29) is 11.8 Å². The van der Waals surface area contributed by atoms with E-state index >= 15 is 0 Å². The van der Waals surface area contributed by atoms with Gasteiger partial charge in [-0.2, -0.15) is 0 Å². The molecule has 3 rings (SSSR count). The molecule has 106 valence electrons. The molecule has 1 N–H and O–H groups in total. The monoisotopic (exact) mass is 281 g/mol. The number of fused-ring (bicyclic) bond motifs is 1. The number of anilines is 2. The zero-order valence-electron chi connectivity index (χ0n) is 11.7. The predicted molar refractivity (Wildman–Crippen MR) is 80.4 cm³/mol. The van der Waals surface area contributed by atoms with E-state index in [2.05, 4.69) is 10.3 Å². The second-order valence-corrected chi connectivity index (χ2v) is 4.90. The fraction of sp³-hybridized carbons (Fsp3) is 0.188. The molecule has 0 atom stereocenters. The van der Waals surface area contributed by atoms with Crippen molar-refractivity contribution in [2.24, 2.45) is 0 Å². The lowest BCUT2D eigenvalue weighted by Gasteiger charge is -2.18. The summed E-state index contributed by atoms with van der Waals surface area (Å²) in [5.41, 5.74) is 2.87. The first kappa shape index (κ1) is 13.3. The van der Waals surface area contributed by atoms with Crippen molar-refractivity contribution in [3.63, 3.8) is 0 Å². The van der Waals surface area contributed by atoms with Crippen LogP contribution in [-0.4, -0.2) is 23.3 Å². The molecule has 0 unspecified atom stereocenters. The van der Waals surface area contributed by atoms with Crippen molar-refractivity contribution < 1.29 is 9.59 Å². The van der Waals surface area contributed by atoms with E-state index in [1.807, 2.05) is 12.1 Å². The Kier molecular flexibility index (Phi) is 3.39. The maximum absolute atomic E-state index is 12.2. The number of carbonyl (C=O) groups is 2. The molecule has 0 saturated heterocycles. The smallest absolute Gasteiger partial charge is 0.274 e. The molecule has 0 radical (unpaired) electrons. The third-order valence-electron chi connectivity index (χ3n) is 3.52. The summed E-state index contributed by atoms with van der Waals surface area (Å²) in [5, 5.41) is 2.85. The normalized spacial score (nSPS) is 12.9. The zero-order valence-corrected chi connectivity index (χ0v) is 11.7. The summed E-state index contributed by atoms with van der Waals surface area (Å²) >= 11 is 0. The molecule has 5 nitrogen and oxygen atoms in total. The van der Waals surface area contributed by atoms with Gasteiger partial charge in [-0.3, -0.25) is 14.6 Å². The van der Waals surface area contributed by atoms with Crippen molar-refractivity contribution in [3.05, 3.63) is 53.9 Å². The summed E-state index contributed by atoms with van der Waals surface area (Å²) < 4.78 is 0. The van der Waals surface area contributed by atoms with Gasteiger partial charge in [0.15, 0.2) is 0 Å². The fourth-order valence-corrected chi connectivity index (χ4v) is 2.56. The van der Waals surface area contributed by atoms with Crippen molar-refractivity contribution in [1.82, 2.24) is 4.98 Å². The first-order valence-electron chi connectivity index (χ1n) is 6.79. The van der Waals surface area contributed by atoms with Crippen LogP contribution in [0.2, 0.25) is 0 Å². The van der Waals surface area contributed by atoms with Crippen molar-refractivity contribution >= 4 is 23.2 Å². The van der Waals surface area contributed by atoms with Crippen LogP contribution in [0.3, 0.4) is 0 Å². The van der Waals surface area contributed by atoms with Gasteiger partial charge in [0.2, 0.25) is 5.91 Å². The van der Waals surface area contributed by atoms with E-state index in [1.54, 1.807) is 35.4 Å². The maximum atomic E-state index is 12.2. The van der Waals surface area contributed by atoms with Gasteiger partial charge in [0, 0.05) is 19.7 Å². The van der Waals surface area contributed by atoms with Crippen molar-refractivity contribution in [1.29, 1.82) is 0 Å². The molecular formula is C16H15N3O2. The van der Waals surface area contributed by atoms with Crippen molar-refractivity contribution in [2.75, 3.05) is 16.8 Å². The number of rotatable bonds is 2. The summed E-state index contributed by atoms with van der Waals surface area (Å²) in [6.07, 6.45) is 2.38. The molecule has 0 saturated carbocycles. The number of nitrogens with zero attached hydrogens (tertiary/aromatic N) is 2. The number of aromatic nitrogens is 1. The molecule has 0 spiro atoms. The average Bonchev–Trinajstić information content (AvgIpc) is 2.93. The lowest BCUT2D eigenvalue weighted by molar-refractivity contribution is -0.116. The minimum Gasteiger partial charge on any atom is -0.319 e. The average molecular weight is 281 g/mol. The predicted octanol–water partition coefficient (Wildman–Crippen LogP) is 2.24. The van der Waals surface area contributed by atoms with E-state index < -0.39 is 0 Å². The lowest BCUT2D eigenvalue weighted by Crippen LogP contribution is -2.27. The summed E-state index contributed by atoms with van der Waals surface area (Å²) in [4.78, 5) is 29.7. The Balaban J connectivity index is 1.92. The third kappa shape index (κ3) is 2.50. The first-order valence-corrected chi connectivity index (χ1v) is 6.79. The molecule has 1 aromatic heterocycles. The first-order chi connectivity index (χ1) is 10.2. The highest BCUT2D eigenvalue weighted by Gasteiger charge is 2.25. The number of pyridine rings is 1. The summed E-state index contributed by atoms with van der Waals surface area (Å²) in [7, 11) is 0. The minimum absolute atomic E-state index is 0.0201. The third-order valence-corrected chi connectivity index (χ3v) is 3.52. The summed E-state index contributed by atoms with van der Waals surface area (Å²) in [6, 6.07) is 10.8. The molecule has 0 fully saturated rings. The second-order valence-electron chi connectivity index (χ2n) is 4.90. The number of hydrogen-bond donors (Lipinski definition) is 1. The van der Waals surface area contributed by atoms with Gasteiger partial charge in [-0.15, -0.1) is 0 Å². The van der Waals surface area contributed by atoms with Crippen LogP contribution < -0.4 is 10.2 Å². The molecule has 1 aliphatic heterocycles. The van der Waals surface area contributed by atoms with Gasteiger partial charge < -0.3 is 10.2 Å². The summed E-state index contributed by atoms with van der Waals surface area (Å²) in [6.45, 7) is 2.19. The Morgan fingerprint density at radius 1 is 1.19 bits per heavy atom. The van der Waals surface area contributed by atoms with Crippen LogP contribution in [0.25, 0.3) is 0 Å². The van der Waals surface area contributed by atoms with E-state index in [9.17, 15) is 9.59 Å². The Labute approximate surface area is 122 Å². The van der Waals surface area contributed by atoms with Crippen molar-refractivity contribution in [2.45, 2.75) is 13.3 Å². The molecule has 5 heteroatoms. The number of amides is 2. The molecule has 2 heterocycles. The van der Waals surface area contributed by atoms with E-state index in [4.69, 9.17) is 0 Å². The number of benzene rings is 1. The number of nitrogens with one attached hydrogen (secondary N) is 1. The van der Waals surface area contributed by atoms with Crippen molar-refractivity contribution in [3.8, 4) is 0 Å². The lowest BCUT2D eigenvalue weighted by atomic mass is 10.1. The maximum Gasteiger partial charge on any atom is 0.274 e. The largest absolute Gasteiger partial charge is 0.319 e. The Bertz CT molecular complexity index is 698. The van der Waals surface area contributed by atoms with E-state index in [0.29, 0.717) is 17.9 Å². The molecule has 2 amide bonds. The van der Waals surface area contributed by atoms with Gasteiger partial charge in [-0.25, -0.2) is 0 Å². The van der Waals surface area contributed by atoms with Gasteiger partial charge in [0.1, 0.15) is 5.69 Å². The standard InChI is InChI=1S/C16H15N3O2/c1-11(20)19-10-8-12-5-4-7-13(15(12)19)18-16(21)14-6-2-3-9-17-14/h2-7,9H,8,10H2,1H3,(H,18,21). The summed E-state index contributed by atoms with van der Waals surface area (Å²) in [5.74, 6) is -0.298. The quantitative estimate of drug-likeness (QED) is 0.918. The molecule has 0 aliphatic carbocycles. The minimum atomic E-state index is -0.278. The van der Waals surface area contributed by atoms with Gasteiger partial charge in [-0.05, 0) is 30.2 Å². The van der Waals surface area contributed by atoms with Crippen LogP contribution in [0, 0.1) is 0 Å². The highest BCUT2D eigenvalue weighted by molar-refractivity contribution is 6.07. The number of carbonyl (C=O) groups excluding carboxylic acids is 2. The van der Waals surface area contributed by atoms with Crippen LogP contribution in [0.4, 0.5) is 11.4 Å². The number of hydrogen-bond acceptors (Lipinski definition) is 3. The Hall–Kier alpha value is -2.69. The Morgan fingerprint density at radius 2 is 2.05 bits per heavy atom. The molecule has 21 heavy (non-hydrogen) atoms. The van der Waals surface area contributed by atoms with Gasteiger partial charge in [0.05, 0.1) is 11.4 Å².